The molecule has 0 heterocycles. The number of hydrogen-bond acceptors (Lipinski definition) is 3. The van der Waals surface area contributed by atoms with Gasteiger partial charge in [-0.1, -0.05) is 0 Å². The Hall–Kier alpha value is -2.22. The van der Waals surface area contributed by atoms with Crippen molar-refractivity contribution in [2.45, 2.75) is 18.0 Å². The Morgan fingerprint density at radius 2 is 1.77 bits per heavy atom. The van der Waals surface area contributed by atoms with E-state index in [2.05, 4.69) is 4.40 Å². The Bertz CT molecular complexity index is 773. The quantitative estimate of drug-likeness (QED) is 0.669. The zero-order valence-corrected chi connectivity index (χ0v) is 12.2. The Balaban J connectivity index is 2.32. The van der Waals surface area contributed by atoms with Crippen LogP contribution in [-0.2, 0) is 10.0 Å². The smallest absolute Gasteiger partial charge is 0.399 e. The van der Waals surface area contributed by atoms with Crippen LogP contribution in [0, 0.1) is 6.42 Å². The lowest BCUT2D eigenvalue weighted by molar-refractivity contribution is -0.0893. The third-order valence-electron chi connectivity index (χ3n) is 2.92. The van der Waals surface area contributed by atoms with Crippen LogP contribution in [0.15, 0.2) is 56.9 Å². The van der Waals surface area contributed by atoms with Gasteiger partial charge >= 0.3 is 6.18 Å². The molecule has 2 rings (SSSR count). The van der Waals surface area contributed by atoms with E-state index < -0.39 is 21.8 Å². The lowest BCUT2D eigenvalue weighted by atomic mass is 9.98. The molecule has 1 aliphatic rings. The molecular formula is C14H12F3N2O2S+. The maximum Gasteiger partial charge on any atom is 0.467 e. The second kappa shape index (κ2) is 5.53. The summed E-state index contributed by atoms with van der Waals surface area (Å²) in [6.07, 6.45) is -1.58. The number of rotatable bonds is 2. The summed E-state index contributed by atoms with van der Waals surface area (Å²) < 4.78 is 65.7. The van der Waals surface area contributed by atoms with Gasteiger partial charge in [0.15, 0.2) is 11.3 Å². The summed E-state index contributed by atoms with van der Waals surface area (Å²) in [7, 11) is -4.01. The van der Waals surface area contributed by atoms with Gasteiger partial charge in [-0.3, -0.25) is 0 Å². The molecule has 2 N–H and O–H groups in total. The molecular weight excluding hydrogens is 317 g/mol. The molecule has 4 nitrogen and oxygen atoms in total. The molecule has 0 saturated heterocycles. The van der Waals surface area contributed by atoms with E-state index in [1.807, 2.05) is 0 Å². The third kappa shape index (κ3) is 3.51. The fourth-order valence-electron chi connectivity index (χ4n) is 1.85. The number of nitrogens with two attached hydrogens (primary N) is 1. The molecule has 0 amide bonds. The fourth-order valence-corrected chi connectivity index (χ4v) is 2.83. The second-order valence-corrected chi connectivity index (χ2v) is 6.24. The number of anilines is 1. The van der Waals surface area contributed by atoms with E-state index in [0.29, 0.717) is 5.69 Å². The van der Waals surface area contributed by atoms with Crippen LogP contribution in [0.4, 0.5) is 18.9 Å². The van der Waals surface area contributed by atoms with Gasteiger partial charge in [-0.05, 0) is 31.2 Å². The van der Waals surface area contributed by atoms with E-state index in [0.717, 1.165) is 18.6 Å². The SMILES string of the molecule is CC1=C/C(=N\S(=O)(=O)c2ccc(N)cc2)[CH+]C=C1C(F)(F)F. The van der Waals surface area contributed by atoms with E-state index >= 15 is 0 Å². The lowest BCUT2D eigenvalue weighted by Crippen LogP contribution is -2.17. The molecule has 0 radical (unpaired) electrons. The van der Waals surface area contributed by atoms with Gasteiger partial charge in [0.25, 0.3) is 10.0 Å². The highest BCUT2D eigenvalue weighted by Gasteiger charge is 2.42. The highest BCUT2D eigenvalue weighted by Crippen LogP contribution is 2.33. The summed E-state index contributed by atoms with van der Waals surface area (Å²) in [5.74, 6) is 0. The maximum atomic E-state index is 12.7. The Labute approximate surface area is 125 Å². The largest absolute Gasteiger partial charge is 0.467 e. The Kier molecular flexibility index (Phi) is 4.06. The number of hydrogen-bond donors (Lipinski definition) is 1. The molecule has 8 heteroatoms. The average Bonchev–Trinajstić information content (AvgIpc) is 2.37. The van der Waals surface area contributed by atoms with Crippen molar-refractivity contribution in [1.29, 1.82) is 0 Å². The van der Waals surface area contributed by atoms with E-state index in [4.69, 9.17) is 5.73 Å². The van der Waals surface area contributed by atoms with E-state index in [9.17, 15) is 21.6 Å². The summed E-state index contributed by atoms with van der Waals surface area (Å²) in [6.45, 7) is 1.25. The van der Waals surface area contributed by atoms with Crippen LogP contribution in [0.5, 0.6) is 0 Å². The topological polar surface area (TPSA) is 72.5 Å². The van der Waals surface area contributed by atoms with Gasteiger partial charge in [0.2, 0.25) is 0 Å². The highest BCUT2D eigenvalue weighted by molar-refractivity contribution is 7.90. The first-order valence-electron chi connectivity index (χ1n) is 6.11. The summed E-state index contributed by atoms with van der Waals surface area (Å²) >= 11 is 0. The van der Waals surface area contributed by atoms with Crippen LogP contribution >= 0.6 is 0 Å². The maximum absolute atomic E-state index is 12.7. The first-order chi connectivity index (χ1) is 10.1. The van der Waals surface area contributed by atoms with E-state index in [1.165, 1.54) is 31.2 Å². The number of nitrogens with zero attached hydrogens (tertiary/aromatic N) is 1. The van der Waals surface area contributed by atoms with Crippen LogP contribution in [-0.4, -0.2) is 20.3 Å². The molecule has 116 valence electrons. The number of alkyl halides is 3. The van der Waals surface area contributed by atoms with E-state index in [-0.39, 0.29) is 16.2 Å². The van der Waals surface area contributed by atoms with Gasteiger partial charge < -0.3 is 5.73 Å². The molecule has 0 fully saturated rings. The lowest BCUT2D eigenvalue weighted by Gasteiger charge is -2.09. The van der Waals surface area contributed by atoms with Gasteiger partial charge in [0.05, 0.1) is 29.0 Å². The molecule has 22 heavy (non-hydrogen) atoms. The minimum Gasteiger partial charge on any atom is -0.399 e. The molecule has 0 bridgehead atoms. The van der Waals surface area contributed by atoms with Crippen LogP contribution in [0.25, 0.3) is 0 Å². The zero-order chi connectivity index (χ0) is 16.5. The number of halogens is 3. The first kappa shape index (κ1) is 16.2. The fraction of sp³-hybridized carbons (Fsp3) is 0.143. The number of benzene rings is 1. The number of allylic oxidation sites excluding steroid dienone is 4. The molecule has 0 spiro atoms. The molecule has 1 aromatic carbocycles. The molecule has 0 unspecified atom stereocenters. The standard InChI is InChI=1S/C14H12F3N2O2S/c1-9-8-11(4-7-13(9)14(15,16)17)19-22(20,21)12-5-2-10(18)3-6-12/h2-8H,18H2,1H3/q+1/b19-11-. The number of nitrogen functional groups attached to an aromatic ring is 1. The van der Waals surface area contributed by atoms with Gasteiger partial charge in [-0.15, -0.1) is 4.40 Å². The molecule has 1 aliphatic carbocycles. The first-order valence-corrected chi connectivity index (χ1v) is 7.55. The van der Waals surface area contributed by atoms with Gasteiger partial charge in [-0.2, -0.15) is 21.6 Å². The van der Waals surface area contributed by atoms with E-state index in [1.54, 1.807) is 0 Å². The predicted molar refractivity (Wildman–Crippen MR) is 77.7 cm³/mol. The Morgan fingerprint density at radius 3 is 2.27 bits per heavy atom. The van der Waals surface area contributed by atoms with Crippen LogP contribution in [0.2, 0.25) is 0 Å². The van der Waals surface area contributed by atoms with Crippen molar-refractivity contribution >= 4 is 21.4 Å². The van der Waals surface area contributed by atoms with Crippen molar-refractivity contribution in [2.75, 3.05) is 5.73 Å². The monoisotopic (exact) mass is 329 g/mol. The predicted octanol–water partition coefficient (Wildman–Crippen LogP) is 3.05. The van der Waals surface area contributed by atoms with Gasteiger partial charge in [0.1, 0.15) is 0 Å². The van der Waals surface area contributed by atoms with Crippen molar-refractivity contribution in [3.8, 4) is 0 Å². The van der Waals surface area contributed by atoms with Crippen molar-refractivity contribution in [3.05, 3.63) is 54.0 Å². The summed E-state index contributed by atoms with van der Waals surface area (Å²) in [5.41, 5.74) is 4.87. The van der Waals surface area contributed by atoms with Gasteiger partial charge in [-0.25, -0.2) is 0 Å². The van der Waals surface area contributed by atoms with Crippen molar-refractivity contribution < 1.29 is 21.6 Å². The zero-order valence-electron chi connectivity index (χ0n) is 11.4. The average molecular weight is 329 g/mol. The molecule has 0 aromatic heterocycles. The minimum absolute atomic E-state index is 0.0673. The number of sulfonamides is 1. The Morgan fingerprint density at radius 1 is 1.18 bits per heavy atom. The summed E-state index contributed by atoms with van der Waals surface area (Å²) in [5, 5.41) is 0. The van der Waals surface area contributed by atoms with Crippen LogP contribution in [0.1, 0.15) is 6.92 Å². The normalized spacial score (nSPS) is 17.7. The van der Waals surface area contributed by atoms with Crippen molar-refractivity contribution in [3.63, 3.8) is 0 Å². The molecule has 0 atom stereocenters. The van der Waals surface area contributed by atoms with Crippen LogP contribution < -0.4 is 5.73 Å². The van der Waals surface area contributed by atoms with Crippen LogP contribution in [0.3, 0.4) is 0 Å². The third-order valence-corrected chi connectivity index (χ3v) is 4.24. The van der Waals surface area contributed by atoms with Gasteiger partial charge in [0, 0.05) is 5.69 Å². The second-order valence-electron chi connectivity index (χ2n) is 4.63. The van der Waals surface area contributed by atoms with Crippen molar-refractivity contribution in [1.82, 2.24) is 0 Å². The minimum atomic E-state index is -4.49. The molecule has 1 aromatic rings. The summed E-state index contributed by atoms with van der Waals surface area (Å²) in [6, 6.07) is 5.37. The molecule has 0 aliphatic heterocycles. The molecule has 0 saturated carbocycles. The highest BCUT2D eigenvalue weighted by atomic mass is 32.2. The van der Waals surface area contributed by atoms with Crippen molar-refractivity contribution in [2.24, 2.45) is 4.40 Å². The summed E-state index contributed by atoms with van der Waals surface area (Å²) in [4.78, 5) is -0.0840.